The molecule has 1 aromatic heterocycles. The predicted octanol–water partition coefficient (Wildman–Crippen LogP) is 4.47. The van der Waals surface area contributed by atoms with Crippen LogP contribution in [0.25, 0.3) is 0 Å². The highest BCUT2D eigenvalue weighted by Crippen LogP contribution is 2.30. The Morgan fingerprint density at radius 1 is 1.17 bits per heavy atom. The molecule has 1 aromatic carbocycles. The Labute approximate surface area is 118 Å². The van der Waals surface area contributed by atoms with E-state index in [1.807, 2.05) is 18.5 Å². The summed E-state index contributed by atoms with van der Waals surface area (Å²) in [6.45, 7) is 2.18. The van der Waals surface area contributed by atoms with E-state index >= 15 is 0 Å². The van der Waals surface area contributed by atoms with Crippen molar-refractivity contribution in [3.63, 3.8) is 0 Å². The Morgan fingerprint density at radius 2 is 1.83 bits per heavy atom. The van der Waals surface area contributed by atoms with E-state index < -0.39 is 0 Å². The van der Waals surface area contributed by atoms with Crippen molar-refractivity contribution >= 4 is 22.9 Å². The molecule has 1 nitrogen and oxygen atoms in total. The summed E-state index contributed by atoms with van der Waals surface area (Å²) in [6.07, 6.45) is 2.06. The van der Waals surface area contributed by atoms with Crippen LogP contribution in [-0.2, 0) is 12.8 Å². The molecular formula is C15H18ClNS. The summed E-state index contributed by atoms with van der Waals surface area (Å²) in [5.41, 5.74) is 2.73. The molecular weight excluding hydrogens is 262 g/mol. The molecule has 96 valence electrons. The number of halogens is 1. The van der Waals surface area contributed by atoms with Gasteiger partial charge in [-0.3, -0.25) is 0 Å². The number of hydrogen-bond donors (Lipinski definition) is 1. The quantitative estimate of drug-likeness (QED) is 0.852. The van der Waals surface area contributed by atoms with Gasteiger partial charge in [-0.2, -0.15) is 0 Å². The van der Waals surface area contributed by atoms with Gasteiger partial charge in [0.25, 0.3) is 0 Å². The van der Waals surface area contributed by atoms with E-state index in [1.165, 1.54) is 16.0 Å². The van der Waals surface area contributed by atoms with Crippen LogP contribution in [0.15, 0.2) is 35.7 Å². The molecule has 1 atom stereocenters. The first-order valence-corrected chi connectivity index (χ1v) is 7.48. The zero-order chi connectivity index (χ0) is 13.0. The van der Waals surface area contributed by atoms with Crippen molar-refractivity contribution in [1.29, 1.82) is 0 Å². The van der Waals surface area contributed by atoms with Crippen LogP contribution in [0.4, 0.5) is 0 Å². The summed E-state index contributed by atoms with van der Waals surface area (Å²) in [5, 5.41) is 6.26. The van der Waals surface area contributed by atoms with Crippen LogP contribution in [0, 0.1) is 0 Å². The molecule has 0 aliphatic carbocycles. The Bertz CT molecular complexity index is 489. The molecule has 0 saturated carbocycles. The minimum Gasteiger partial charge on any atom is -0.312 e. The molecule has 0 aliphatic rings. The summed E-state index contributed by atoms with van der Waals surface area (Å²) in [5.74, 6) is 0. The molecule has 0 saturated heterocycles. The second-order valence-corrected chi connectivity index (χ2v) is 5.70. The van der Waals surface area contributed by atoms with Crippen LogP contribution in [0.1, 0.15) is 29.0 Å². The topological polar surface area (TPSA) is 12.0 Å². The summed E-state index contributed by atoms with van der Waals surface area (Å²) < 4.78 is 0. The van der Waals surface area contributed by atoms with E-state index in [-0.39, 0.29) is 0 Å². The lowest BCUT2D eigenvalue weighted by Crippen LogP contribution is -2.18. The molecule has 1 unspecified atom stereocenters. The molecule has 3 heteroatoms. The zero-order valence-electron chi connectivity index (χ0n) is 10.7. The van der Waals surface area contributed by atoms with Gasteiger partial charge < -0.3 is 5.32 Å². The van der Waals surface area contributed by atoms with E-state index in [9.17, 15) is 0 Å². The van der Waals surface area contributed by atoms with Gasteiger partial charge in [0.15, 0.2) is 0 Å². The Hall–Kier alpha value is -0.830. The van der Waals surface area contributed by atoms with Gasteiger partial charge in [0.1, 0.15) is 0 Å². The highest BCUT2D eigenvalue weighted by Gasteiger charge is 2.14. The summed E-state index contributed by atoms with van der Waals surface area (Å²) >= 11 is 7.91. The van der Waals surface area contributed by atoms with Crippen LogP contribution in [0.5, 0.6) is 0 Å². The summed E-state index contributed by atoms with van der Waals surface area (Å²) in [4.78, 5) is 1.22. The Balaban J connectivity index is 2.13. The maximum atomic E-state index is 6.20. The van der Waals surface area contributed by atoms with E-state index in [1.54, 1.807) is 11.3 Å². The van der Waals surface area contributed by atoms with Crippen LogP contribution >= 0.6 is 22.9 Å². The normalized spacial score (nSPS) is 12.6. The first-order chi connectivity index (χ1) is 8.74. The van der Waals surface area contributed by atoms with Crippen LogP contribution in [0.3, 0.4) is 0 Å². The van der Waals surface area contributed by atoms with Crippen LogP contribution in [-0.4, -0.2) is 7.05 Å². The fourth-order valence-electron chi connectivity index (χ4n) is 2.03. The van der Waals surface area contributed by atoms with Crippen molar-refractivity contribution in [2.24, 2.45) is 0 Å². The molecule has 1 heterocycles. The Morgan fingerprint density at radius 3 is 2.33 bits per heavy atom. The van der Waals surface area contributed by atoms with Crippen molar-refractivity contribution in [3.8, 4) is 0 Å². The van der Waals surface area contributed by atoms with Gasteiger partial charge in [0.2, 0.25) is 0 Å². The second kappa shape index (κ2) is 6.37. The van der Waals surface area contributed by atoms with Gasteiger partial charge in [-0.15, -0.1) is 11.3 Å². The van der Waals surface area contributed by atoms with Gasteiger partial charge in [-0.1, -0.05) is 42.8 Å². The number of likely N-dealkylation sites (N-methyl/N-ethyl adjacent to an activating group) is 1. The van der Waals surface area contributed by atoms with Crippen molar-refractivity contribution in [1.82, 2.24) is 5.32 Å². The number of aryl methyl sites for hydroxylation is 1. The molecule has 0 radical (unpaired) electrons. The van der Waals surface area contributed by atoms with E-state index in [4.69, 9.17) is 11.6 Å². The lowest BCUT2D eigenvalue weighted by Gasteiger charge is -2.15. The van der Waals surface area contributed by atoms with E-state index in [0.29, 0.717) is 6.04 Å². The molecule has 0 spiro atoms. The standard InChI is InChI=1S/C15H18ClNS/c1-3-11-4-6-12(7-5-11)10-14(17-2)15-13(16)8-9-18-15/h4-9,14,17H,3,10H2,1-2H3. The van der Waals surface area contributed by atoms with Crippen molar-refractivity contribution in [3.05, 3.63) is 56.7 Å². The van der Waals surface area contributed by atoms with Gasteiger partial charge in [-0.05, 0) is 42.5 Å². The third kappa shape index (κ3) is 3.14. The van der Waals surface area contributed by atoms with Gasteiger partial charge in [-0.25, -0.2) is 0 Å². The maximum absolute atomic E-state index is 6.20. The van der Waals surface area contributed by atoms with E-state index in [0.717, 1.165) is 17.9 Å². The molecule has 0 aliphatic heterocycles. The lowest BCUT2D eigenvalue weighted by atomic mass is 10.0. The molecule has 1 N–H and O–H groups in total. The summed E-state index contributed by atoms with van der Waals surface area (Å²) in [7, 11) is 1.99. The second-order valence-electron chi connectivity index (χ2n) is 4.35. The molecule has 0 fully saturated rings. The number of thiophene rings is 1. The molecule has 2 aromatic rings. The van der Waals surface area contributed by atoms with Crippen molar-refractivity contribution in [2.75, 3.05) is 7.05 Å². The zero-order valence-corrected chi connectivity index (χ0v) is 12.3. The molecule has 18 heavy (non-hydrogen) atoms. The fraction of sp³-hybridized carbons (Fsp3) is 0.333. The third-order valence-electron chi connectivity index (χ3n) is 3.18. The summed E-state index contributed by atoms with van der Waals surface area (Å²) in [6, 6.07) is 11.1. The molecule has 0 bridgehead atoms. The smallest absolute Gasteiger partial charge is 0.0561 e. The number of benzene rings is 1. The van der Waals surface area contributed by atoms with Gasteiger partial charge >= 0.3 is 0 Å². The number of hydrogen-bond acceptors (Lipinski definition) is 2. The van der Waals surface area contributed by atoms with Gasteiger partial charge in [0.05, 0.1) is 5.02 Å². The lowest BCUT2D eigenvalue weighted by molar-refractivity contribution is 0.602. The molecule has 2 rings (SSSR count). The number of nitrogens with one attached hydrogen (secondary N) is 1. The highest BCUT2D eigenvalue weighted by atomic mass is 35.5. The first-order valence-electron chi connectivity index (χ1n) is 6.22. The van der Waals surface area contributed by atoms with Crippen LogP contribution in [0.2, 0.25) is 5.02 Å². The highest BCUT2D eigenvalue weighted by molar-refractivity contribution is 7.10. The number of rotatable bonds is 5. The van der Waals surface area contributed by atoms with Crippen molar-refractivity contribution < 1.29 is 0 Å². The minimum atomic E-state index is 0.296. The maximum Gasteiger partial charge on any atom is 0.0561 e. The van der Waals surface area contributed by atoms with E-state index in [2.05, 4.69) is 36.5 Å². The first kappa shape index (κ1) is 13.6. The average Bonchev–Trinajstić information content (AvgIpc) is 2.83. The predicted molar refractivity (Wildman–Crippen MR) is 80.7 cm³/mol. The minimum absolute atomic E-state index is 0.296. The third-order valence-corrected chi connectivity index (χ3v) is 4.65. The monoisotopic (exact) mass is 279 g/mol. The van der Waals surface area contributed by atoms with Crippen LogP contribution < -0.4 is 5.32 Å². The Kier molecular flexibility index (Phi) is 4.81. The largest absolute Gasteiger partial charge is 0.312 e. The van der Waals surface area contributed by atoms with Gasteiger partial charge in [0, 0.05) is 10.9 Å². The average molecular weight is 280 g/mol. The van der Waals surface area contributed by atoms with Crippen molar-refractivity contribution in [2.45, 2.75) is 25.8 Å². The molecule has 0 amide bonds. The fourth-order valence-corrected chi connectivity index (χ4v) is 3.33. The SMILES string of the molecule is CCc1ccc(CC(NC)c2sccc2Cl)cc1.